The van der Waals surface area contributed by atoms with Crippen molar-refractivity contribution < 1.29 is 24.6 Å². The summed E-state index contributed by atoms with van der Waals surface area (Å²) in [6.07, 6.45) is -0.398. The number of amides is 1. The number of hydrogen-bond acceptors (Lipinski definition) is 4. The van der Waals surface area contributed by atoms with Crippen LogP contribution in [-0.4, -0.2) is 44.6 Å². The predicted octanol–water partition coefficient (Wildman–Crippen LogP) is 1.85. The summed E-state index contributed by atoms with van der Waals surface area (Å²) < 4.78 is 3.14. The van der Waals surface area contributed by atoms with Gasteiger partial charge in [-0.3, -0.25) is 14.4 Å². The van der Waals surface area contributed by atoms with Crippen molar-refractivity contribution in [1.82, 2.24) is 9.88 Å². The van der Waals surface area contributed by atoms with E-state index < -0.39 is 23.8 Å². The Kier molecular flexibility index (Phi) is 6.97. The molecule has 1 amide bonds. The molecule has 1 aromatic rings. The Morgan fingerprint density at radius 3 is 2.39 bits per heavy atom. The topological polar surface area (TPSA) is 109 Å². The highest BCUT2D eigenvalue weighted by Gasteiger charge is 2.34. The molecular formula is C14H18Br2N2O5. The van der Waals surface area contributed by atoms with Crippen molar-refractivity contribution in [2.24, 2.45) is 7.05 Å². The molecule has 23 heavy (non-hydrogen) atoms. The molecular weight excluding hydrogens is 436 g/mol. The minimum atomic E-state index is -1.90. The predicted molar refractivity (Wildman–Crippen MR) is 90.3 cm³/mol. The van der Waals surface area contributed by atoms with Crippen molar-refractivity contribution in [1.29, 1.82) is 0 Å². The second kappa shape index (κ2) is 8.07. The molecule has 0 saturated carbocycles. The van der Waals surface area contributed by atoms with Crippen LogP contribution in [0, 0.1) is 0 Å². The maximum atomic E-state index is 12.1. The van der Waals surface area contributed by atoms with Crippen LogP contribution in [-0.2, 0) is 16.6 Å². The van der Waals surface area contributed by atoms with Gasteiger partial charge in [0.2, 0.25) is 0 Å². The smallest absolute Gasteiger partial charge is 0.306 e. The van der Waals surface area contributed by atoms with Gasteiger partial charge in [0.25, 0.3) is 5.91 Å². The summed E-state index contributed by atoms with van der Waals surface area (Å²) in [7, 11) is 1.73. The minimum Gasteiger partial charge on any atom is -0.481 e. The van der Waals surface area contributed by atoms with Crippen molar-refractivity contribution in [3.8, 4) is 0 Å². The van der Waals surface area contributed by atoms with Gasteiger partial charge in [0.05, 0.1) is 15.5 Å². The fourth-order valence-corrected chi connectivity index (χ4v) is 2.86. The number of aliphatic hydroxyl groups is 1. The van der Waals surface area contributed by atoms with E-state index in [0.717, 1.165) is 16.0 Å². The number of Topliss-reactive ketones (excluding diaryl/α,β-unsaturated/α-hetero) is 1. The molecule has 0 radical (unpaired) electrons. The van der Waals surface area contributed by atoms with Crippen LogP contribution < -0.4 is 5.32 Å². The Morgan fingerprint density at radius 2 is 1.96 bits per heavy atom. The third-order valence-corrected chi connectivity index (χ3v) is 5.60. The van der Waals surface area contributed by atoms with E-state index in [1.165, 1.54) is 0 Å². The van der Waals surface area contributed by atoms with Crippen LogP contribution in [0.2, 0.25) is 0 Å². The molecule has 128 valence electrons. The van der Waals surface area contributed by atoms with E-state index in [-0.39, 0.29) is 25.3 Å². The van der Waals surface area contributed by atoms with Crippen LogP contribution in [0.3, 0.4) is 0 Å². The average molecular weight is 454 g/mol. The van der Waals surface area contributed by atoms with Gasteiger partial charge >= 0.3 is 5.97 Å². The number of nitrogens with zero attached hydrogens (tertiary/aromatic N) is 1. The molecule has 1 heterocycles. The van der Waals surface area contributed by atoms with Crippen molar-refractivity contribution in [2.45, 2.75) is 31.8 Å². The van der Waals surface area contributed by atoms with E-state index >= 15 is 0 Å². The SMILES string of the molecule is CC(=O)C(O)(CCCNC(=O)c1cc(Br)c(Br)n1C)CC(=O)O. The fourth-order valence-electron chi connectivity index (χ4n) is 2.07. The normalized spacial score (nSPS) is 13.4. The largest absolute Gasteiger partial charge is 0.481 e. The first-order valence-corrected chi connectivity index (χ1v) is 8.41. The van der Waals surface area contributed by atoms with Crippen LogP contribution in [0.25, 0.3) is 0 Å². The van der Waals surface area contributed by atoms with Crippen molar-refractivity contribution >= 4 is 49.5 Å². The first-order valence-electron chi connectivity index (χ1n) is 6.82. The Balaban J connectivity index is 2.56. The summed E-state index contributed by atoms with van der Waals surface area (Å²) >= 11 is 6.63. The summed E-state index contributed by atoms with van der Waals surface area (Å²) in [5.74, 6) is -2.14. The summed E-state index contributed by atoms with van der Waals surface area (Å²) in [5.41, 5.74) is -1.45. The quantitative estimate of drug-likeness (QED) is 0.520. The lowest BCUT2D eigenvalue weighted by Gasteiger charge is -2.23. The average Bonchev–Trinajstić information content (AvgIpc) is 2.70. The monoisotopic (exact) mass is 452 g/mol. The number of nitrogens with one attached hydrogen (secondary N) is 1. The summed E-state index contributed by atoms with van der Waals surface area (Å²) in [4.78, 5) is 34.2. The number of hydrogen-bond donors (Lipinski definition) is 3. The highest BCUT2D eigenvalue weighted by molar-refractivity contribution is 9.13. The number of carboxylic acids is 1. The van der Waals surface area contributed by atoms with Crippen LogP contribution in [0.15, 0.2) is 15.1 Å². The van der Waals surface area contributed by atoms with Crippen LogP contribution >= 0.6 is 31.9 Å². The standard InChI is InChI=1S/C14H18Br2N2O5/c1-8(19)14(23,7-11(20)21)4-3-5-17-13(22)10-6-9(15)12(16)18(10)2/h6,23H,3-5,7H2,1-2H3,(H,17,22)(H,20,21). The molecule has 3 N–H and O–H groups in total. The van der Waals surface area contributed by atoms with E-state index in [2.05, 4.69) is 37.2 Å². The molecule has 0 saturated heterocycles. The van der Waals surface area contributed by atoms with Gasteiger partial charge in [0.1, 0.15) is 11.3 Å². The number of carboxylic acid groups (broad SMARTS) is 1. The number of ketones is 1. The molecule has 1 aromatic heterocycles. The number of rotatable bonds is 8. The number of aromatic nitrogens is 1. The second-order valence-corrected chi connectivity index (χ2v) is 6.85. The third kappa shape index (κ3) is 5.15. The zero-order chi connectivity index (χ0) is 17.8. The van der Waals surface area contributed by atoms with Gasteiger partial charge in [0.15, 0.2) is 5.78 Å². The summed E-state index contributed by atoms with van der Waals surface area (Å²) in [5, 5.41) is 21.5. The van der Waals surface area contributed by atoms with Gasteiger partial charge in [-0.05, 0) is 57.7 Å². The third-order valence-electron chi connectivity index (χ3n) is 3.50. The molecule has 1 unspecified atom stereocenters. The van der Waals surface area contributed by atoms with Crippen LogP contribution in [0.4, 0.5) is 0 Å². The van der Waals surface area contributed by atoms with E-state index in [9.17, 15) is 19.5 Å². The molecule has 0 fully saturated rings. The summed E-state index contributed by atoms with van der Waals surface area (Å²) in [6.45, 7) is 1.37. The molecule has 0 bridgehead atoms. The number of aliphatic carboxylic acids is 1. The number of carbonyl (C=O) groups excluding carboxylic acids is 2. The Bertz CT molecular complexity index is 629. The van der Waals surface area contributed by atoms with Crippen molar-refractivity contribution in [2.75, 3.05) is 6.54 Å². The summed E-state index contributed by atoms with van der Waals surface area (Å²) in [6, 6.07) is 1.66. The first-order chi connectivity index (χ1) is 10.6. The van der Waals surface area contributed by atoms with Crippen LogP contribution in [0.5, 0.6) is 0 Å². The number of halogens is 2. The zero-order valence-corrected chi connectivity index (χ0v) is 15.9. The highest BCUT2D eigenvalue weighted by Crippen LogP contribution is 2.26. The van der Waals surface area contributed by atoms with Crippen molar-refractivity contribution in [3.05, 3.63) is 20.8 Å². The lowest BCUT2D eigenvalue weighted by atomic mass is 9.90. The fraction of sp³-hybridized carbons (Fsp3) is 0.500. The lowest BCUT2D eigenvalue weighted by Crippen LogP contribution is -2.40. The van der Waals surface area contributed by atoms with E-state index in [1.54, 1.807) is 17.7 Å². The Morgan fingerprint density at radius 1 is 1.35 bits per heavy atom. The van der Waals surface area contributed by atoms with E-state index in [4.69, 9.17) is 5.11 Å². The van der Waals surface area contributed by atoms with Gasteiger partial charge in [-0.15, -0.1) is 0 Å². The van der Waals surface area contributed by atoms with E-state index in [0.29, 0.717) is 5.69 Å². The maximum absolute atomic E-state index is 12.1. The van der Waals surface area contributed by atoms with Gasteiger partial charge in [0, 0.05) is 13.6 Å². The molecule has 1 atom stereocenters. The molecule has 0 spiro atoms. The van der Waals surface area contributed by atoms with Gasteiger partial charge in [-0.1, -0.05) is 0 Å². The van der Waals surface area contributed by atoms with Gasteiger partial charge in [-0.25, -0.2) is 0 Å². The first kappa shape index (κ1) is 19.9. The van der Waals surface area contributed by atoms with Gasteiger partial charge in [-0.2, -0.15) is 0 Å². The molecule has 0 aliphatic rings. The molecule has 9 heteroatoms. The Hall–Kier alpha value is -1.19. The zero-order valence-electron chi connectivity index (χ0n) is 12.7. The van der Waals surface area contributed by atoms with Gasteiger partial charge < -0.3 is 20.1 Å². The molecule has 0 aromatic carbocycles. The lowest BCUT2D eigenvalue weighted by molar-refractivity contribution is -0.150. The van der Waals surface area contributed by atoms with Crippen molar-refractivity contribution in [3.63, 3.8) is 0 Å². The van der Waals surface area contributed by atoms with Crippen LogP contribution in [0.1, 0.15) is 36.7 Å². The Labute approximate surface area is 150 Å². The molecule has 7 nitrogen and oxygen atoms in total. The molecule has 0 aliphatic heterocycles. The maximum Gasteiger partial charge on any atom is 0.306 e. The second-order valence-electron chi connectivity index (χ2n) is 5.25. The molecule has 1 rings (SSSR count). The highest BCUT2D eigenvalue weighted by atomic mass is 79.9. The minimum absolute atomic E-state index is 0.0323. The number of carbonyl (C=O) groups is 3. The van der Waals surface area contributed by atoms with E-state index in [1.807, 2.05) is 0 Å². The molecule has 0 aliphatic carbocycles.